The van der Waals surface area contributed by atoms with Crippen LogP contribution in [0.5, 0.6) is 5.75 Å². The van der Waals surface area contributed by atoms with Crippen molar-refractivity contribution in [1.82, 2.24) is 14.7 Å². The predicted molar refractivity (Wildman–Crippen MR) is 107 cm³/mol. The fourth-order valence-corrected chi connectivity index (χ4v) is 3.30. The van der Waals surface area contributed by atoms with Crippen LogP contribution in [0.1, 0.15) is 48.7 Å². The summed E-state index contributed by atoms with van der Waals surface area (Å²) in [6.45, 7) is 1.35. The first kappa shape index (κ1) is 19.2. The molecule has 4 rings (SSSR count). The molecule has 0 amide bonds. The molecule has 3 heterocycles. The highest BCUT2D eigenvalue weighted by atomic mass is 19.1. The Hall–Kier alpha value is -3.11. The number of hydrogen-bond acceptors (Lipinski definition) is 5. The van der Waals surface area contributed by atoms with Gasteiger partial charge in [0.2, 0.25) is 11.2 Å². The van der Waals surface area contributed by atoms with E-state index < -0.39 is 29.8 Å². The quantitative estimate of drug-likeness (QED) is 0.627. The van der Waals surface area contributed by atoms with Crippen LogP contribution in [0.3, 0.4) is 0 Å². The Kier molecular flexibility index (Phi) is 5.36. The molecule has 2 atom stereocenters. The Morgan fingerprint density at radius 1 is 1.38 bits per heavy atom. The van der Waals surface area contributed by atoms with Gasteiger partial charge in [-0.3, -0.25) is 4.79 Å². The maximum Gasteiger partial charge on any atom is 0.226 e. The third kappa shape index (κ3) is 4.17. The average Bonchev–Trinajstić information content (AvgIpc) is 3.46. The molecular weight excluding hydrogens is 373 g/mol. The summed E-state index contributed by atoms with van der Waals surface area (Å²) in [5.74, 6) is 6.20. The van der Waals surface area contributed by atoms with Crippen LogP contribution in [0.4, 0.5) is 4.39 Å². The molecule has 2 N–H and O–H groups in total. The summed E-state index contributed by atoms with van der Waals surface area (Å²) < 4.78 is 20.1. The molecule has 1 fully saturated rings. The second kappa shape index (κ2) is 8.10. The van der Waals surface area contributed by atoms with Gasteiger partial charge in [0.1, 0.15) is 12.3 Å². The van der Waals surface area contributed by atoms with E-state index in [-0.39, 0.29) is 12.3 Å². The van der Waals surface area contributed by atoms with E-state index >= 15 is 0 Å². The van der Waals surface area contributed by atoms with Gasteiger partial charge in [-0.25, -0.2) is 9.37 Å². The van der Waals surface area contributed by atoms with Crippen molar-refractivity contribution < 1.29 is 13.9 Å². The minimum absolute atomic E-state index is 0.110. The van der Waals surface area contributed by atoms with Crippen molar-refractivity contribution in [3.05, 3.63) is 64.1 Å². The fourth-order valence-electron chi connectivity index (χ4n) is 3.30. The summed E-state index contributed by atoms with van der Waals surface area (Å²) in [6.07, 6.45) is 7.36. The Morgan fingerprint density at radius 2 is 2.21 bits per heavy atom. The van der Waals surface area contributed by atoms with E-state index in [0.717, 1.165) is 17.3 Å². The zero-order valence-electron chi connectivity index (χ0n) is 16.1. The molecule has 0 saturated heterocycles. The van der Waals surface area contributed by atoms with Gasteiger partial charge in [-0.1, -0.05) is 18.8 Å². The first-order valence-corrected chi connectivity index (χ1v) is 9.67. The molecule has 0 aliphatic heterocycles. The van der Waals surface area contributed by atoms with Gasteiger partial charge in [0.25, 0.3) is 0 Å². The second-order valence-corrected chi connectivity index (χ2v) is 7.30. The number of halogens is 1. The Bertz CT molecular complexity index is 1140. The van der Waals surface area contributed by atoms with Crippen LogP contribution in [0.15, 0.2) is 46.1 Å². The molecule has 7 heteroatoms. The number of rotatable bonds is 6. The zero-order valence-corrected chi connectivity index (χ0v) is 16.1. The Balaban J connectivity index is 1.68. The standard InChI is InChI=1S/C22H22FN3O3/c1-14(22-21(28)18(27)8-11-29-22)20(24-10-9-23)17-13-26-12-16(5-4-15-2-3-15)6-7-19(26)25-17/h6-8,11-15,20,24,28H,2-3,9-10H2,1H3/t14?,20-/m0/s1. The fraction of sp³-hybridized carbons (Fsp3) is 0.364. The van der Waals surface area contributed by atoms with E-state index in [4.69, 9.17) is 4.42 Å². The van der Waals surface area contributed by atoms with Crippen LogP contribution in [0.25, 0.3) is 5.65 Å². The lowest BCUT2D eigenvalue weighted by Gasteiger charge is -2.22. The summed E-state index contributed by atoms with van der Waals surface area (Å²) >= 11 is 0. The van der Waals surface area contributed by atoms with Crippen LogP contribution in [-0.2, 0) is 0 Å². The second-order valence-electron chi connectivity index (χ2n) is 7.30. The number of pyridine rings is 1. The van der Waals surface area contributed by atoms with Crippen LogP contribution < -0.4 is 10.7 Å². The summed E-state index contributed by atoms with van der Waals surface area (Å²) in [5.41, 5.74) is 1.77. The van der Waals surface area contributed by atoms with Gasteiger partial charge in [-0.15, -0.1) is 0 Å². The molecule has 0 radical (unpaired) electrons. The number of nitrogens with zero attached hydrogens (tertiary/aromatic N) is 2. The lowest BCUT2D eigenvalue weighted by molar-refractivity contribution is 0.335. The molecule has 29 heavy (non-hydrogen) atoms. The normalized spacial score (nSPS) is 15.7. The zero-order chi connectivity index (χ0) is 20.4. The average molecular weight is 395 g/mol. The molecule has 0 spiro atoms. The van der Waals surface area contributed by atoms with Crippen LogP contribution in [-0.4, -0.2) is 27.7 Å². The molecule has 1 aliphatic rings. The van der Waals surface area contributed by atoms with E-state index in [1.807, 2.05) is 28.9 Å². The third-order valence-electron chi connectivity index (χ3n) is 5.04. The molecule has 1 aliphatic carbocycles. The van der Waals surface area contributed by atoms with Crippen molar-refractivity contribution in [2.24, 2.45) is 5.92 Å². The minimum Gasteiger partial charge on any atom is -0.502 e. The molecule has 1 unspecified atom stereocenters. The first-order chi connectivity index (χ1) is 14.1. The SMILES string of the molecule is CC(c1occc(=O)c1O)[C@H](NCCF)c1cn2cc(C#CC3CC3)ccc2n1. The summed E-state index contributed by atoms with van der Waals surface area (Å²) in [6, 6.07) is 4.52. The molecule has 3 aromatic heterocycles. The van der Waals surface area contributed by atoms with Crippen LogP contribution in [0, 0.1) is 17.8 Å². The van der Waals surface area contributed by atoms with E-state index in [1.54, 1.807) is 6.92 Å². The van der Waals surface area contributed by atoms with Crippen molar-refractivity contribution in [3.63, 3.8) is 0 Å². The van der Waals surface area contributed by atoms with Crippen molar-refractivity contribution >= 4 is 5.65 Å². The first-order valence-electron chi connectivity index (χ1n) is 9.67. The van der Waals surface area contributed by atoms with Crippen molar-refractivity contribution in [2.45, 2.75) is 31.7 Å². The molecule has 1 saturated carbocycles. The molecule has 6 nitrogen and oxygen atoms in total. The van der Waals surface area contributed by atoms with Crippen molar-refractivity contribution in [3.8, 4) is 17.6 Å². The molecule has 0 bridgehead atoms. The van der Waals surface area contributed by atoms with E-state index in [9.17, 15) is 14.3 Å². The highest BCUT2D eigenvalue weighted by molar-refractivity contribution is 5.46. The van der Waals surface area contributed by atoms with Crippen molar-refractivity contribution in [2.75, 3.05) is 13.2 Å². The van der Waals surface area contributed by atoms with Gasteiger partial charge in [-0.2, -0.15) is 0 Å². The molecule has 0 aromatic carbocycles. The number of aromatic nitrogens is 2. The number of alkyl halides is 1. The summed E-state index contributed by atoms with van der Waals surface area (Å²) in [5, 5.41) is 13.2. The van der Waals surface area contributed by atoms with Gasteiger partial charge >= 0.3 is 0 Å². The third-order valence-corrected chi connectivity index (χ3v) is 5.04. The number of imidazole rings is 1. The highest BCUT2D eigenvalue weighted by Gasteiger charge is 2.28. The predicted octanol–water partition coefficient (Wildman–Crippen LogP) is 3.16. The minimum atomic E-state index is -0.553. The Labute approximate surface area is 167 Å². The van der Waals surface area contributed by atoms with E-state index in [0.29, 0.717) is 11.6 Å². The number of hydrogen-bond donors (Lipinski definition) is 2. The van der Waals surface area contributed by atoms with Crippen LogP contribution >= 0.6 is 0 Å². The lowest BCUT2D eigenvalue weighted by atomic mass is 9.95. The molecule has 3 aromatic rings. The van der Waals surface area contributed by atoms with Gasteiger partial charge in [0.15, 0.2) is 5.76 Å². The molecule has 150 valence electrons. The van der Waals surface area contributed by atoms with Crippen LogP contribution in [0.2, 0.25) is 0 Å². The topological polar surface area (TPSA) is 79.8 Å². The maximum absolute atomic E-state index is 12.9. The smallest absolute Gasteiger partial charge is 0.226 e. The van der Waals surface area contributed by atoms with Gasteiger partial charge in [0.05, 0.1) is 18.0 Å². The van der Waals surface area contributed by atoms with E-state index in [1.165, 1.54) is 19.1 Å². The largest absolute Gasteiger partial charge is 0.502 e. The summed E-state index contributed by atoms with van der Waals surface area (Å²) in [7, 11) is 0. The lowest BCUT2D eigenvalue weighted by Crippen LogP contribution is -2.28. The van der Waals surface area contributed by atoms with Gasteiger partial charge in [-0.05, 0) is 25.0 Å². The molecular formula is C22H22FN3O3. The Morgan fingerprint density at radius 3 is 2.97 bits per heavy atom. The monoisotopic (exact) mass is 395 g/mol. The number of nitrogens with one attached hydrogen (secondary N) is 1. The summed E-state index contributed by atoms with van der Waals surface area (Å²) in [4.78, 5) is 16.4. The number of aromatic hydroxyl groups is 1. The number of fused-ring (bicyclic) bond motifs is 1. The van der Waals surface area contributed by atoms with Gasteiger partial charge in [0, 0.05) is 42.4 Å². The van der Waals surface area contributed by atoms with E-state index in [2.05, 4.69) is 22.1 Å². The highest BCUT2D eigenvalue weighted by Crippen LogP contribution is 2.33. The van der Waals surface area contributed by atoms with Crippen molar-refractivity contribution in [1.29, 1.82) is 0 Å². The van der Waals surface area contributed by atoms with Gasteiger partial charge < -0.3 is 19.2 Å². The maximum atomic E-state index is 12.9.